The van der Waals surface area contributed by atoms with Crippen LogP contribution in [0.4, 0.5) is 5.69 Å². The van der Waals surface area contributed by atoms with E-state index in [-0.39, 0.29) is 0 Å². The summed E-state index contributed by atoms with van der Waals surface area (Å²) in [5.41, 5.74) is 3.93. The van der Waals surface area contributed by atoms with Crippen molar-refractivity contribution in [3.05, 3.63) is 23.3 Å². The van der Waals surface area contributed by atoms with Gasteiger partial charge in [0, 0.05) is 17.8 Å². The van der Waals surface area contributed by atoms with E-state index >= 15 is 0 Å². The second-order valence-electron chi connectivity index (χ2n) is 5.83. The number of rotatable bonds is 4. The fraction of sp³-hybridized carbons (Fsp3) is 0.600. The van der Waals surface area contributed by atoms with E-state index in [2.05, 4.69) is 52.1 Å². The third kappa shape index (κ3) is 3.95. The zero-order valence-electron chi connectivity index (χ0n) is 12.0. The molecular weight excluding hydrogens is 210 g/mol. The topological polar surface area (TPSA) is 21.3 Å². The van der Waals surface area contributed by atoms with Crippen LogP contribution < -0.4 is 10.1 Å². The highest BCUT2D eigenvalue weighted by Gasteiger charge is 2.11. The molecule has 0 saturated heterocycles. The Morgan fingerprint density at radius 1 is 1.18 bits per heavy atom. The third-order valence-corrected chi connectivity index (χ3v) is 3.00. The lowest BCUT2D eigenvalue weighted by Crippen LogP contribution is -2.13. The van der Waals surface area contributed by atoms with E-state index in [1.165, 1.54) is 16.8 Å². The minimum Gasteiger partial charge on any atom is -0.496 e. The first-order valence-electron chi connectivity index (χ1n) is 6.23. The van der Waals surface area contributed by atoms with Crippen LogP contribution in [0.2, 0.25) is 0 Å². The number of nitrogens with one attached hydrogen (secondary N) is 1. The second-order valence-corrected chi connectivity index (χ2v) is 5.83. The molecule has 96 valence electrons. The van der Waals surface area contributed by atoms with Gasteiger partial charge in [0.1, 0.15) is 5.75 Å². The molecule has 1 N–H and O–H groups in total. The van der Waals surface area contributed by atoms with Gasteiger partial charge in [0.15, 0.2) is 0 Å². The van der Waals surface area contributed by atoms with Crippen LogP contribution in [0, 0.1) is 19.3 Å². The fourth-order valence-corrected chi connectivity index (χ4v) is 1.90. The molecule has 17 heavy (non-hydrogen) atoms. The average Bonchev–Trinajstić information content (AvgIpc) is 2.20. The number of methoxy groups -OCH3 is 1. The van der Waals surface area contributed by atoms with Gasteiger partial charge in [-0.05, 0) is 37.3 Å². The maximum atomic E-state index is 5.42. The van der Waals surface area contributed by atoms with E-state index in [0.29, 0.717) is 5.41 Å². The lowest BCUT2D eigenvalue weighted by atomic mass is 9.92. The summed E-state index contributed by atoms with van der Waals surface area (Å²) >= 11 is 0. The minimum atomic E-state index is 0.371. The summed E-state index contributed by atoms with van der Waals surface area (Å²) in [7, 11) is 1.73. The summed E-state index contributed by atoms with van der Waals surface area (Å²) in [5.74, 6) is 0.991. The first-order chi connectivity index (χ1) is 7.85. The highest BCUT2D eigenvalue weighted by molar-refractivity contribution is 5.59. The SMILES string of the molecule is COc1c(C)ccc(NCCC(C)(C)C)c1C. The molecule has 0 spiro atoms. The largest absolute Gasteiger partial charge is 0.496 e. The van der Waals surface area contributed by atoms with Crippen molar-refractivity contribution in [3.8, 4) is 5.75 Å². The quantitative estimate of drug-likeness (QED) is 0.846. The predicted octanol–water partition coefficient (Wildman–Crippen LogP) is 4.16. The van der Waals surface area contributed by atoms with Crippen molar-refractivity contribution in [1.82, 2.24) is 0 Å². The summed E-state index contributed by atoms with van der Waals surface area (Å²) in [6.45, 7) is 12.0. The number of aryl methyl sites for hydroxylation is 1. The standard InChI is InChI=1S/C15H25NO/c1-11-7-8-13(12(2)14(11)17-6)16-10-9-15(3,4)5/h7-8,16H,9-10H2,1-6H3. The van der Waals surface area contributed by atoms with Crippen molar-refractivity contribution in [1.29, 1.82) is 0 Å². The van der Waals surface area contributed by atoms with Crippen LogP contribution in [0.25, 0.3) is 0 Å². The molecule has 2 nitrogen and oxygen atoms in total. The smallest absolute Gasteiger partial charge is 0.126 e. The number of anilines is 1. The summed E-state index contributed by atoms with van der Waals surface area (Å²) in [4.78, 5) is 0. The molecule has 2 heteroatoms. The van der Waals surface area contributed by atoms with Crippen molar-refractivity contribution in [2.45, 2.75) is 41.0 Å². The van der Waals surface area contributed by atoms with Gasteiger partial charge in [-0.25, -0.2) is 0 Å². The number of benzene rings is 1. The maximum absolute atomic E-state index is 5.42. The van der Waals surface area contributed by atoms with Crippen molar-refractivity contribution in [2.24, 2.45) is 5.41 Å². The Labute approximate surface area is 105 Å². The summed E-state index contributed by atoms with van der Waals surface area (Å²) in [6.07, 6.45) is 1.16. The molecule has 1 aromatic carbocycles. The van der Waals surface area contributed by atoms with Gasteiger partial charge in [-0.1, -0.05) is 26.8 Å². The van der Waals surface area contributed by atoms with Gasteiger partial charge in [0.05, 0.1) is 7.11 Å². The van der Waals surface area contributed by atoms with E-state index in [0.717, 1.165) is 18.7 Å². The van der Waals surface area contributed by atoms with Crippen molar-refractivity contribution >= 4 is 5.69 Å². The minimum absolute atomic E-state index is 0.371. The van der Waals surface area contributed by atoms with Crippen LogP contribution in [0.5, 0.6) is 5.75 Å². The molecule has 0 bridgehead atoms. The average molecular weight is 235 g/mol. The van der Waals surface area contributed by atoms with Crippen LogP contribution in [0.15, 0.2) is 12.1 Å². The Morgan fingerprint density at radius 3 is 2.35 bits per heavy atom. The Kier molecular flexibility index (Phi) is 4.44. The van der Waals surface area contributed by atoms with Crippen LogP contribution in [0.3, 0.4) is 0 Å². The Morgan fingerprint density at radius 2 is 1.82 bits per heavy atom. The number of hydrogen-bond donors (Lipinski definition) is 1. The summed E-state index contributed by atoms with van der Waals surface area (Å²) in [6, 6.07) is 4.24. The molecule has 0 radical (unpaired) electrons. The zero-order valence-corrected chi connectivity index (χ0v) is 12.0. The molecule has 0 heterocycles. The second kappa shape index (κ2) is 5.44. The highest BCUT2D eigenvalue weighted by atomic mass is 16.5. The van der Waals surface area contributed by atoms with Gasteiger partial charge in [-0.3, -0.25) is 0 Å². The third-order valence-electron chi connectivity index (χ3n) is 3.00. The predicted molar refractivity (Wildman–Crippen MR) is 75.0 cm³/mol. The van der Waals surface area contributed by atoms with Gasteiger partial charge in [-0.15, -0.1) is 0 Å². The molecular formula is C15H25NO. The fourth-order valence-electron chi connectivity index (χ4n) is 1.90. The molecule has 1 aromatic rings. The summed E-state index contributed by atoms with van der Waals surface area (Å²) < 4.78 is 5.42. The Balaban J connectivity index is 2.73. The van der Waals surface area contributed by atoms with Crippen LogP contribution in [-0.2, 0) is 0 Å². The van der Waals surface area contributed by atoms with Gasteiger partial charge >= 0.3 is 0 Å². The van der Waals surface area contributed by atoms with Gasteiger partial charge < -0.3 is 10.1 Å². The molecule has 0 amide bonds. The lowest BCUT2D eigenvalue weighted by molar-refractivity contribution is 0.389. The molecule has 0 aliphatic rings. The first-order valence-corrected chi connectivity index (χ1v) is 6.23. The monoisotopic (exact) mass is 235 g/mol. The Bertz CT molecular complexity index is 377. The number of hydrogen-bond acceptors (Lipinski definition) is 2. The van der Waals surface area contributed by atoms with E-state index in [4.69, 9.17) is 4.74 Å². The van der Waals surface area contributed by atoms with E-state index < -0.39 is 0 Å². The highest BCUT2D eigenvalue weighted by Crippen LogP contribution is 2.29. The lowest BCUT2D eigenvalue weighted by Gasteiger charge is -2.20. The van der Waals surface area contributed by atoms with E-state index in [1.807, 2.05) is 0 Å². The summed E-state index contributed by atoms with van der Waals surface area (Å²) in [5, 5.41) is 3.49. The van der Waals surface area contributed by atoms with Gasteiger partial charge in [0.2, 0.25) is 0 Å². The van der Waals surface area contributed by atoms with Crippen molar-refractivity contribution < 1.29 is 4.74 Å². The van der Waals surface area contributed by atoms with Crippen LogP contribution >= 0.6 is 0 Å². The first kappa shape index (κ1) is 13.9. The molecule has 0 aliphatic heterocycles. The molecule has 1 rings (SSSR count). The number of ether oxygens (including phenoxy) is 1. The Hall–Kier alpha value is -1.18. The van der Waals surface area contributed by atoms with Crippen LogP contribution in [0.1, 0.15) is 38.3 Å². The molecule has 0 saturated carbocycles. The molecule has 0 aliphatic carbocycles. The van der Waals surface area contributed by atoms with Gasteiger partial charge in [-0.2, -0.15) is 0 Å². The van der Waals surface area contributed by atoms with Gasteiger partial charge in [0.25, 0.3) is 0 Å². The van der Waals surface area contributed by atoms with E-state index in [1.54, 1.807) is 7.11 Å². The maximum Gasteiger partial charge on any atom is 0.126 e. The molecule has 0 unspecified atom stereocenters. The zero-order chi connectivity index (χ0) is 13.1. The van der Waals surface area contributed by atoms with Crippen molar-refractivity contribution in [3.63, 3.8) is 0 Å². The molecule has 0 atom stereocenters. The normalized spacial score (nSPS) is 11.4. The molecule has 0 aromatic heterocycles. The van der Waals surface area contributed by atoms with Crippen molar-refractivity contribution in [2.75, 3.05) is 19.0 Å². The van der Waals surface area contributed by atoms with E-state index in [9.17, 15) is 0 Å². The van der Waals surface area contributed by atoms with Crippen LogP contribution in [-0.4, -0.2) is 13.7 Å². The molecule has 0 fully saturated rings.